The summed E-state index contributed by atoms with van der Waals surface area (Å²) in [6, 6.07) is 3.79. The maximum absolute atomic E-state index is 9.20. The van der Waals surface area contributed by atoms with E-state index in [4.69, 9.17) is 0 Å². The number of hydrogen-bond acceptors (Lipinski definition) is 4. The maximum Gasteiger partial charge on any atom is 0.133 e. The Labute approximate surface area is 113 Å². The smallest absolute Gasteiger partial charge is 0.133 e. The molecular weight excluding hydrogens is 240 g/mol. The molecule has 2 N–H and O–H groups in total. The van der Waals surface area contributed by atoms with Crippen molar-refractivity contribution in [1.82, 2.24) is 14.8 Å². The summed E-state index contributed by atoms with van der Waals surface area (Å²) < 4.78 is 2.02. The van der Waals surface area contributed by atoms with Crippen LogP contribution < -0.4 is 5.32 Å². The van der Waals surface area contributed by atoms with Gasteiger partial charge < -0.3 is 10.4 Å². The molecule has 0 aromatic carbocycles. The molecule has 0 fully saturated rings. The average molecular weight is 260 g/mol. The summed E-state index contributed by atoms with van der Waals surface area (Å²) in [5.74, 6) is 0.184. The topological polar surface area (TPSA) is 63.0 Å². The van der Waals surface area contributed by atoms with Crippen LogP contribution in [0.15, 0.2) is 18.3 Å². The van der Waals surface area contributed by atoms with Gasteiger partial charge in [0.1, 0.15) is 5.75 Å². The van der Waals surface area contributed by atoms with Gasteiger partial charge in [0.25, 0.3) is 0 Å². The number of aromatic nitrogens is 3. The van der Waals surface area contributed by atoms with Gasteiger partial charge in [-0.1, -0.05) is 0 Å². The normalized spacial score (nSPS) is 11.0. The predicted octanol–water partition coefficient (Wildman–Crippen LogP) is 2.79. The Morgan fingerprint density at radius 3 is 2.58 bits per heavy atom. The van der Waals surface area contributed by atoms with Gasteiger partial charge in [-0.15, -0.1) is 0 Å². The molecule has 2 rings (SSSR count). The molecule has 2 aromatic rings. The van der Waals surface area contributed by atoms with Gasteiger partial charge in [-0.05, 0) is 39.8 Å². The van der Waals surface area contributed by atoms with E-state index in [0.29, 0.717) is 12.6 Å². The van der Waals surface area contributed by atoms with Crippen LogP contribution >= 0.6 is 0 Å². The molecule has 0 saturated heterocycles. The molecule has 2 heterocycles. The van der Waals surface area contributed by atoms with Crippen LogP contribution in [-0.2, 0) is 6.54 Å². The fourth-order valence-electron chi connectivity index (χ4n) is 2.12. The number of pyridine rings is 1. The van der Waals surface area contributed by atoms with Crippen molar-refractivity contribution in [2.75, 3.05) is 5.32 Å². The van der Waals surface area contributed by atoms with E-state index in [9.17, 15) is 5.11 Å². The van der Waals surface area contributed by atoms with Crippen LogP contribution in [0.25, 0.3) is 0 Å². The molecule has 0 saturated carbocycles. The first-order valence-corrected chi connectivity index (χ1v) is 6.42. The van der Waals surface area contributed by atoms with Crippen LogP contribution in [0.4, 0.5) is 5.69 Å². The lowest BCUT2D eigenvalue weighted by Gasteiger charge is -2.09. The van der Waals surface area contributed by atoms with Crippen molar-refractivity contribution >= 4 is 5.69 Å². The zero-order valence-electron chi connectivity index (χ0n) is 11.8. The highest BCUT2D eigenvalue weighted by Crippen LogP contribution is 2.22. The molecule has 2 aromatic heterocycles. The highest BCUT2D eigenvalue weighted by Gasteiger charge is 2.13. The quantitative estimate of drug-likeness (QED) is 0.887. The summed E-state index contributed by atoms with van der Waals surface area (Å²) in [5.41, 5.74) is 4.06. The zero-order valence-corrected chi connectivity index (χ0v) is 11.8. The Morgan fingerprint density at radius 1 is 1.32 bits per heavy atom. The Morgan fingerprint density at radius 2 is 2.05 bits per heavy atom. The molecule has 0 atom stereocenters. The van der Waals surface area contributed by atoms with Crippen LogP contribution in [0.3, 0.4) is 0 Å². The van der Waals surface area contributed by atoms with Crippen molar-refractivity contribution in [2.24, 2.45) is 0 Å². The second-order valence-electron chi connectivity index (χ2n) is 4.95. The number of hydrogen-bond donors (Lipinski definition) is 2. The molecule has 0 aliphatic heterocycles. The van der Waals surface area contributed by atoms with Crippen molar-refractivity contribution in [3.63, 3.8) is 0 Å². The van der Waals surface area contributed by atoms with Gasteiger partial charge in [-0.25, -0.2) is 0 Å². The Bertz CT molecular complexity index is 558. The SMILES string of the molecule is Cc1nn(C(C)C)c(C)c1NCc1ccc(O)cn1. The van der Waals surface area contributed by atoms with Gasteiger partial charge in [0.05, 0.1) is 35.5 Å². The van der Waals surface area contributed by atoms with Gasteiger partial charge in [0.2, 0.25) is 0 Å². The molecule has 102 valence electrons. The number of anilines is 1. The minimum absolute atomic E-state index is 0.184. The van der Waals surface area contributed by atoms with Gasteiger partial charge in [-0.3, -0.25) is 9.67 Å². The summed E-state index contributed by atoms with van der Waals surface area (Å²) in [5, 5.41) is 17.1. The minimum Gasteiger partial charge on any atom is -0.506 e. The summed E-state index contributed by atoms with van der Waals surface area (Å²) in [6.45, 7) is 8.91. The van der Waals surface area contributed by atoms with Gasteiger partial charge >= 0.3 is 0 Å². The van der Waals surface area contributed by atoms with Crippen LogP contribution in [0.5, 0.6) is 5.75 Å². The Balaban J connectivity index is 2.13. The van der Waals surface area contributed by atoms with Crippen LogP contribution in [0.1, 0.15) is 37.0 Å². The lowest BCUT2D eigenvalue weighted by atomic mass is 10.2. The largest absolute Gasteiger partial charge is 0.506 e. The molecule has 0 amide bonds. The molecular formula is C14H20N4O. The van der Waals surface area contributed by atoms with Crippen molar-refractivity contribution in [2.45, 2.75) is 40.3 Å². The number of aryl methyl sites for hydroxylation is 1. The number of nitrogens with one attached hydrogen (secondary N) is 1. The van der Waals surface area contributed by atoms with Crippen LogP contribution in [0.2, 0.25) is 0 Å². The third kappa shape index (κ3) is 2.86. The molecule has 0 aliphatic carbocycles. The molecule has 0 bridgehead atoms. The van der Waals surface area contributed by atoms with Gasteiger partial charge in [0, 0.05) is 6.04 Å². The van der Waals surface area contributed by atoms with E-state index in [0.717, 1.165) is 22.8 Å². The predicted molar refractivity (Wildman–Crippen MR) is 75.3 cm³/mol. The highest BCUT2D eigenvalue weighted by atomic mass is 16.3. The van der Waals surface area contributed by atoms with Gasteiger partial charge in [0.15, 0.2) is 0 Å². The van der Waals surface area contributed by atoms with Crippen molar-refractivity contribution in [3.8, 4) is 5.75 Å². The van der Waals surface area contributed by atoms with E-state index >= 15 is 0 Å². The number of rotatable bonds is 4. The Hall–Kier alpha value is -2.04. The number of nitrogens with zero attached hydrogens (tertiary/aromatic N) is 3. The third-order valence-electron chi connectivity index (χ3n) is 3.07. The molecule has 5 heteroatoms. The first-order chi connectivity index (χ1) is 8.99. The minimum atomic E-state index is 0.184. The second-order valence-corrected chi connectivity index (χ2v) is 4.95. The van der Waals surface area contributed by atoms with Crippen molar-refractivity contribution in [1.29, 1.82) is 0 Å². The highest BCUT2D eigenvalue weighted by molar-refractivity contribution is 5.52. The first-order valence-electron chi connectivity index (χ1n) is 6.42. The zero-order chi connectivity index (χ0) is 14.0. The lowest BCUT2D eigenvalue weighted by molar-refractivity contribution is 0.472. The van der Waals surface area contributed by atoms with E-state index in [1.165, 1.54) is 6.20 Å². The lowest BCUT2D eigenvalue weighted by Crippen LogP contribution is -2.06. The Kier molecular flexibility index (Phi) is 3.74. The first kappa shape index (κ1) is 13.4. The monoisotopic (exact) mass is 260 g/mol. The maximum atomic E-state index is 9.20. The van der Waals surface area contributed by atoms with Gasteiger partial charge in [-0.2, -0.15) is 5.10 Å². The van der Waals surface area contributed by atoms with Crippen LogP contribution in [-0.4, -0.2) is 19.9 Å². The molecule has 0 spiro atoms. The standard InChI is InChI=1S/C14H20N4O/c1-9(2)18-11(4)14(10(3)17-18)16-7-12-5-6-13(19)8-15-12/h5-6,8-9,16,19H,7H2,1-4H3. The third-order valence-corrected chi connectivity index (χ3v) is 3.07. The fourth-order valence-corrected chi connectivity index (χ4v) is 2.12. The fraction of sp³-hybridized carbons (Fsp3) is 0.429. The molecule has 5 nitrogen and oxygen atoms in total. The second kappa shape index (κ2) is 5.30. The van der Waals surface area contributed by atoms with Crippen molar-refractivity contribution in [3.05, 3.63) is 35.4 Å². The van der Waals surface area contributed by atoms with E-state index in [1.54, 1.807) is 12.1 Å². The number of aromatic hydroxyl groups is 1. The van der Waals surface area contributed by atoms with E-state index in [2.05, 4.69) is 36.2 Å². The van der Waals surface area contributed by atoms with E-state index in [-0.39, 0.29) is 5.75 Å². The molecule has 0 radical (unpaired) electrons. The summed E-state index contributed by atoms with van der Waals surface area (Å²) in [4.78, 5) is 4.15. The summed E-state index contributed by atoms with van der Waals surface area (Å²) in [7, 11) is 0. The van der Waals surface area contributed by atoms with E-state index < -0.39 is 0 Å². The summed E-state index contributed by atoms with van der Waals surface area (Å²) >= 11 is 0. The van der Waals surface area contributed by atoms with Crippen molar-refractivity contribution < 1.29 is 5.11 Å². The average Bonchev–Trinajstić information content (AvgIpc) is 2.65. The molecule has 0 unspecified atom stereocenters. The molecule has 19 heavy (non-hydrogen) atoms. The molecule has 0 aliphatic rings. The van der Waals surface area contributed by atoms with Crippen LogP contribution in [0, 0.1) is 13.8 Å². The van der Waals surface area contributed by atoms with E-state index in [1.807, 2.05) is 11.6 Å². The summed E-state index contributed by atoms with van der Waals surface area (Å²) in [6.07, 6.45) is 1.45.